The molecule has 9 heteroatoms. The van der Waals surface area contributed by atoms with Crippen LogP contribution in [0.5, 0.6) is 17.2 Å². The molecule has 0 unspecified atom stereocenters. The van der Waals surface area contributed by atoms with Crippen LogP contribution in [0, 0.1) is 6.92 Å². The number of nitrogens with zero attached hydrogens (tertiary/aromatic N) is 5. The average molecular weight is 599 g/mol. The van der Waals surface area contributed by atoms with Crippen LogP contribution in [0.1, 0.15) is 35.3 Å². The van der Waals surface area contributed by atoms with Crippen LogP contribution in [-0.2, 0) is 6.42 Å². The van der Waals surface area contributed by atoms with Gasteiger partial charge in [-0.25, -0.2) is 14.7 Å². The third-order valence-corrected chi connectivity index (χ3v) is 8.27. The van der Waals surface area contributed by atoms with Crippen LogP contribution in [0.3, 0.4) is 0 Å². The molecule has 4 aromatic carbocycles. The minimum atomic E-state index is -0.352. The standard InChI is InChI=1S/C36H34N6O3/c1-6-23-16-18-25(19-17-23)37-34-36-39-35-31(22(2)40-42(35)26-12-8-7-9-13-26)32(41(36)28-15-11-10-14-27(28)38-34)24-20-29(43-3)33(45-5)30(21-24)44-4/h7-21,32H,6H2,1-5H3,(H,37,38)/t32-/m0/s1. The van der Waals surface area contributed by atoms with Crippen LogP contribution in [0.2, 0.25) is 0 Å². The molecule has 0 radical (unpaired) electrons. The Labute approximate surface area is 262 Å². The molecule has 0 amide bonds. The van der Waals surface area contributed by atoms with Gasteiger partial charge in [-0.1, -0.05) is 49.4 Å². The minimum absolute atomic E-state index is 0.352. The zero-order chi connectivity index (χ0) is 31.1. The van der Waals surface area contributed by atoms with Crippen molar-refractivity contribution in [2.24, 2.45) is 9.98 Å². The lowest BCUT2D eigenvalue weighted by atomic mass is 9.92. The Morgan fingerprint density at radius 1 is 0.800 bits per heavy atom. The number of fused-ring (bicyclic) bond motifs is 4. The van der Waals surface area contributed by atoms with Crippen molar-refractivity contribution in [3.8, 4) is 22.9 Å². The molecular weight excluding hydrogens is 564 g/mol. The Balaban J connectivity index is 1.50. The molecule has 0 saturated heterocycles. The number of nitrogens with one attached hydrogen (secondary N) is 1. The van der Waals surface area contributed by atoms with Crippen LogP contribution in [0.25, 0.3) is 5.69 Å². The fourth-order valence-electron chi connectivity index (χ4n) is 6.08. The number of benzene rings is 4. The molecule has 2 aliphatic rings. The molecule has 45 heavy (non-hydrogen) atoms. The van der Waals surface area contributed by atoms with Gasteiger partial charge in [-0.15, -0.1) is 0 Å². The van der Waals surface area contributed by atoms with Gasteiger partial charge in [-0.05, 0) is 73.0 Å². The largest absolute Gasteiger partial charge is 0.493 e. The maximum atomic E-state index is 5.82. The Bertz CT molecular complexity index is 1920. The van der Waals surface area contributed by atoms with E-state index in [1.807, 2.05) is 72.3 Å². The third kappa shape index (κ3) is 4.77. The molecular formula is C36H34N6O3. The van der Waals surface area contributed by atoms with E-state index in [1.165, 1.54) is 5.56 Å². The maximum Gasteiger partial charge on any atom is 0.203 e. The highest BCUT2D eigenvalue weighted by molar-refractivity contribution is 6.51. The van der Waals surface area contributed by atoms with Crippen molar-refractivity contribution in [3.05, 3.63) is 113 Å². The minimum Gasteiger partial charge on any atom is -0.493 e. The summed E-state index contributed by atoms with van der Waals surface area (Å²) in [6, 6.07) is 30.3. The molecule has 7 rings (SSSR count). The molecule has 0 saturated carbocycles. The molecule has 226 valence electrons. The normalized spacial score (nSPS) is 14.9. The lowest BCUT2D eigenvalue weighted by Gasteiger charge is -2.40. The molecule has 9 nitrogen and oxygen atoms in total. The van der Waals surface area contributed by atoms with Crippen LogP contribution in [0.15, 0.2) is 101 Å². The number of aliphatic imine (C=N–C) groups is 2. The SMILES string of the molecule is CCc1ccc(NC2=Nc3ccccc3N3C2=Nc2c(c(C)nn2-c2ccccc2)[C@@H]3c2cc(OC)c(OC)c(OC)c2)cc1. The second-order valence-electron chi connectivity index (χ2n) is 10.9. The predicted molar refractivity (Wildman–Crippen MR) is 179 cm³/mol. The molecule has 0 spiro atoms. The molecule has 1 aromatic heterocycles. The summed E-state index contributed by atoms with van der Waals surface area (Å²) in [5.41, 5.74) is 7.63. The predicted octanol–water partition coefficient (Wildman–Crippen LogP) is 7.56. The fraction of sp³-hybridized carbons (Fsp3) is 0.194. The summed E-state index contributed by atoms with van der Waals surface area (Å²) >= 11 is 0. The number of hydrogen-bond donors (Lipinski definition) is 1. The van der Waals surface area contributed by atoms with Gasteiger partial charge in [0.1, 0.15) is 0 Å². The second kappa shape index (κ2) is 11.5. The second-order valence-corrected chi connectivity index (χ2v) is 10.9. The summed E-state index contributed by atoms with van der Waals surface area (Å²) in [5, 5.41) is 8.62. The smallest absolute Gasteiger partial charge is 0.203 e. The van der Waals surface area contributed by atoms with Crippen molar-refractivity contribution in [3.63, 3.8) is 0 Å². The first kappa shape index (κ1) is 28.2. The summed E-state index contributed by atoms with van der Waals surface area (Å²) in [7, 11) is 4.88. The van der Waals surface area contributed by atoms with Crippen molar-refractivity contribution in [1.29, 1.82) is 0 Å². The van der Waals surface area contributed by atoms with Crippen molar-refractivity contribution < 1.29 is 14.2 Å². The number of aryl methyl sites for hydroxylation is 2. The first-order chi connectivity index (χ1) is 22.0. The average Bonchev–Trinajstić information content (AvgIpc) is 3.43. The van der Waals surface area contributed by atoms with Crippen LogP contribution in [0.4, 0.5) is 22.9 Å². The first-order valence-electron chi connectivity index (χ1n) is 14.9. The van der Waals surface area contributed by atoms with Crippen molar-refractivity contribution in [2.75, 3.05) is 31.5 Å². The van der Waals surface area contributed by atoms with Gasteiger partial charge in [0.25, 0.3) is 0 Å². The number of aromatic nitrogens is 2. The van der Waals surface area contributed by atoms with E-state index in [9.17, 15) is 0 Å². The van der Waals surface area contributed by atoms with E-state index in [1.54, 1.807) is 21.3 Å². The van der Waals surface area contributed by atoms with E-state index in [0.29, 0.717) is 28.9 Å². The lowest BCUT2D eigenvalue weighted by molar-refractivity contribution is 0.323. The Kier molecular flexibility index (Phi) is 7.21. The first-order valence-corrected chi connectivity index (χ1v) is 14.9. The van der Waals surface area contributed by atoms with Crippen molar-refractivity contribution in [2.45, 2.75) is 26.3 Å². The molecule has 0 fully saturated rings. The topological polar surface area (TPSA) is 85.5 Å². The van der Waals surface area contributed by atoms with E-state index < -0.39 is 0 Å². The van der Waals surface area contributed by atoms with Gasteiger partial charge in [0, 0.05) is 11.3 Å². The van der Waals surface area contributed by atoms with E-state index in [2.05, 4.69) is 47.5 Å². The highest BCUT2D eigenvalue weighted by Gasteiger charge is 2.42. The summed E-state index contributed by atoms with van der Waals surface area (Å²) in [6.07, 6.45) is 0.969. The van der Waals surface area contributed by atoms with Gasteiger partial charge in [0.05, 0.1) is 50.1 Å². The Hall–Kier alpha value is -5.57. The molecule has 5 aromatic rings. The maximum absolute atomic E-state index is 5.82. The summed E-state index contributed by atoms with van der Waals surface area (Å²) < 4.78 is 19.2. The van der Waals surface area contributed by atoms with E-state index in [4.69, 9.17) is 29.3 Å². The van der Waals surface area contributed by atoms with Gasteiger partial charge in [0.2, 0.25) is 5.75 Å². The van der Waals surface area contributed by atoms with Gasteiger partial charge in [-0.3, -0.25) is 0 Å². The van der Waals surface area contributed by atoms with Crippen LogP contribution < -0.4 is 24.4 Å². The van der Waals surface area contributed by atoms with Crippen LogP contribution >= 0.6 is 0 Å². The summed E-state index contributed by atoms with van der Waals surface area (Å²) in [5.74, 6) is 3.72. The number of methoxy groups -OCH3 is 3. The van der Waals surface area contributed by atoms with Crippen molar-refractivity contribution in [1.82, 2.24) is 9.78 Å². The fourth-order valence-corrected chi connectivity index (χ4v) is 6.08. The number of anilines is 2. The molecule has 3 heterocycles. The van der Waals surface area contributed by atoms with Gasteiger partial charge >= 0.3 is 0 Å². The summed E-state index contributed by atoms with van der Waals surface area (Å²) in [6.45, 7) is 4.18. The lowest BCUT2D eigenvalue weighted by Crippen LogP contribution is -2.46. The number of hydrogen-bond acceptors (Lipinski definition) is 8. The zero-order valence-corrected chi connectivity index (χ0v) is 25.9. The van der Waals surface area contributed by atoms with E-state index >= 15 is 0 Å². The van der Waals surface area contributed by atoms with E-state index in [-0.39, 0.29) is 6.04 Å². The number of para-hydroxylation sites is 3. The van der Waals surface area contributed by atoms with Gasteiger partial charge in [0.15, 0.2) is 29.0 Å². The highest BCUT2D eigenvalue weighted by atomic mass is 16.5. The monoisotopic (exact) mass is 598 g/mol. The zero-order valence-electron chi connectivity index (χ0n) is 25.9. The quantitative estimate of drug-likeness (QED) is 0.208. The van der Waals surface area contributed by atoms with Gasteiger partial charge < -0.3 is 24.4 Å². The Morgan fingerprint density at radius 3 is 2.16 bits per heavy atom. The molecule has 2 aliphatic heterocycles. The van der Waals surface area contributed by atoms with Gasteiger partial charge in [-0.2, -0.15) is 5.10 Å². The third-order valence-electron chi connectivity index (χ3n) is 8.27. The van der Waals surface area contributed by atoms with E-state index in [0.717, 1.165) is 51.8 Å². The summed E-state index contributed by atoms with van der Waals surface area (Å²) in [4.78, 5) is 12.7. The molecule has 1 N–H and O–H groups in total. The van der Waals surface area contributed by atoms with Crippen LogP contribution in [-0.4, -0.2) is 42.8 Å². The number of rotatable bonds is 7. The molecule has 1 atom stereocenters. The highest BCUT2D eigenvalue weighted by Crippen LogP contribution is 2.50. The molecule has 0 bridgehead atoms. The molecule has 0 aliphatic carbocycles. The number of ether oxygens (including phenoxy) is 3. The van der Waals surface area contributed by atoms with Crippen molar-refractivity contribution >= 4 is 34.6 Å². The number of amidine groups is 2. The Morgan fingerprint density at radius 2 is 1.49 bits per heavy atom.